The molecule has 0 radical (unpaired) electrons. The van der Waals surface area contributed by atoms with Crippen LogP contribution >= 0.6 is 0 Å². The molecule has 0 aromatic rings. The Balaban J connectivity index is 3.17. The monoisotopic (exact) mass is 238 g/mol. The van der Waals surface area contributed by atoms with Crippen LogP contribution in [0.5, 0.6) is 0 Å². The summed E-state index contributed by atoms with van der Waals surface area (Å²) in [4.78, 5) is 24.4. The van der Waals surface area contributed by atoms with Crippen molar-refractivity contribution in [1.82, 2.24) is 0 Å². The maximum atomic E-state index is 12.3. The predicted octanol–water partition coefficient (Wildman–Crippen LogP) is 2.89. The zero-order valence-electron chi connectivity index (χ0n) is 11.0. The fraction of sp³-hybridized carbons (Fsp3) is 0.714. The first-order valence-corrected chi connectivity index (χ1v) is 6.38. The van der Waals surface area contributed by atoms with Crippen LogP contribution in [-0.2, 0) is 14.3 Å². The van der Waals surface area contributed by atoms with E-state index in [9.17, 15) is 9.59 Å². The van der Waals surface area contributed by atoms with Crippen molar-refractivity contribution in [3.8, 4) is 0 Å². The van der Waals surface area contributed by atoms with Crippen LogP contribution in [0.25, 0.3) is 0 Å². The van der Waals surface area contributed by atoms with E-state index < -0.39 is 5.41 Å². The van der Waals surface area contributed by atoms with Gasteiger partial charge in [-0.25, -0.2) is 0 Å². The summed E-state index contributed by atoms with van der Waals surface area (Å²) in [5.41, 5.74) is -0.922. The Morgan fingerprint density at radius 2 is 2.29 bits per heavy atom. The normalized spacial score (nSPS) is 29.6. The summed E-state index contributed by atoms with van der Waals surface area (Å²) in [7, 11) is 1.37. The van der Waals surface area contributed by atoms with Crippen LogP contribution < -0.4 is 0 Å². The molecule has 17 heavy (non-hydrogen) atoms. The molecule has 0 bridgehead atoms. The van der Waals surface area contributed by atoms with Gasteiger partial charge >= 0.3 is 5.97 Å². The molecule has 0 aromatic heterocycles. The highest BCUT2D eigenvalue weighted by atomic mass is 16.5. The van der Waals surface area contributed by atoms with Gasteiger partial charge in [-0.3, -0.25) is 9.59 Å². The van der Waals surface area contributed by atoms with E-state index in [0.717, 1.165) is 19.3 Å². The first-order chi connectivity index (χ1) is 8.13. The van der Waals surface area contributed by atoms with Gasteiger partial charge in [0.2, 0.25) is 0 Å². The number of rotatable bonds is 4. The Bertz CT molecular complexity index is 309. The summed E-state index contributed by atoms with van der Waals surface area (Å²) in [5, 5.41) is 0. The number of Topliss-reactive ketones (excluding diaryl/α,β-unsaturated/α-hetero) is 1. The molecule has 1 fully saturated rings. The highest BCUT2D eigenvalue weighted by molar-refractivity contribution is 6.04. The smallest absolute Gasteiger partial charge is 0.319 e. The van der Waals surface area contributed by atoms with E-state index in [0.29, 0.717) is 12.8 Å². The molecule has 96 valence electrons. The molecule has 1 rings (SSSR count). The van der Waals surface area contributed by atoms with E-state index in [1.807, 2.05) is 26.0 Å². The van der Waals surface area contributed by atoms with Gasteiger partial charge in [0.15, 0.2) is 5.78 Å². The maximum absolute atomic E-state index is 12.3. The van der Waals surface area contributed by atoms with Gasteiger partial charge in [0.1, 0.15) is 5.41 Å². The summed E-state index contributed by atoms with van der Waals surface area (Å²) in [6, 6.07) is 0. The molecule has 0 amide bonds. The molecule has 2 atom stereocenters. The lowest BCUT2D eigenvalue weighted by Gasteiger charge is -2.38. The lowest BCUT2D eigenvalue weighted by Crippen LogP contribution is -2.48. The summed E-state index contributed by atoms with van der Waals surface area (Å²) in [5.74, 6) is -0.297. The number of allylic oxidation sites excluding steroid dienone is 2. The molecule has 0 aliphatic heterocycles. The van der Waals surface area contributed by atoms with E-state index in [2.05, 4.69) is 0 Å². The Kier molecular flexibility index (Phi) is 4.91. The van der Waals surface area contributed by atoms with E-state index in [-0.39, 0.29) is 17.7 Å². The van der Waals surface area contributed by atoms with E-state index >= 15 is 0 Å². The largest absolute Gasteiger partial charge is 0.468 e. The Morgan fingerprint density at radius 1 is 1.59 bits per heavy atom. The zero-order chi connectivity index (χ0) is 12.9. The summed E-state index contributed by atoms with van der Waals surface area (Å²) < 4.78 is 4.90. The third-order valence-electron chi connectivity index (χ3n) is 3.67. The zero-order valence-corrected chi connectivity index (χ0v) is 11.0. The quantitative estimate of drug-likeness (QED) is 0.429. The van der Waals surface area contributed by atoms with Crippen molar-refractivity contribution >= 4 is 11.8 Å². The number of hydrogen-bond acceptors (Lipinski definition) is 3. The summed E-state index contributed by atoms with van der Waals surface area (Å²) >= 11 is 0. The molecule has 0 aromatic carbocycles. The van der Waals surface area contributed by atoms with E-state index in [1.54, 1.807) is 0 Å². The number of methoxy groups -OCH3 is 1. The molecule has 1 aliphatic carbocycles. The summed E-state index contributed by atoms with van der Waals surface area (Å²) in [6.45, 7) is 3.92. The van der Waals surface area contributed by atoms with Crippen molar-refractivity contribution < 1.29 is 14.3 Å². The molecular weight excluding hydrogens is 216 g/mol. The van der Waals surface area contributed by atoms with Crippen LogP contribution in [0.2, 0.25) is 0 Å². The molecule has 0 spiro atoms. The van der Waals surface area contributed by atoms with Crippen molar-refractivity contribution in [1.29, 1.82) is 0 Å². The minimum absolute atomic E-state index is 0.00106. The van der Waals surface area contributed by atoms with Crippen LogP contribution in [0.3, 0.4) is 0 Å². The second kappa shape index (κ2) is 5.99. The van der Waals surface area contributed by atoms with Crippen LogP contribution in [0, 0.1) is 11.3 Å². The predicted molar refractivity (Wildman–Crippen MR) is 66.5 cm³/mol. The highest BCUT2D eigenvalue weighted by Crippen LogP contribution is 2.44. The first-order valence-electron chi connectivity index (χ1n) is 6.38. The maximum Gasteiger partial charge on any atom is 0.319 e. The van der Waals surface area contributed by atoms with Gasteiger partial charge in [-0.1, -0.05) is 25.5 Å². The number of hydrogen-bond donors (Lipinski definition) is 0. The Morgan fingerprint density at radius 3 is 2.82 bits per heavy atom. The number of carbonyl (C=O) groups excluding carboxylic acids is 2. The number of esters is 1. The lowest BCUT2D eigenvalue weighted by molar-refractivity contribution is -0.163. The molecule has 0 N–H and O–H groups in total. The van der Waals surface area contributed by atoms with Gasteiger partial charge in [0.05, 0.1) is 7.11 Å². The Hall–Kier alpha value is -1.12. The van der Waals surface area contributed by atoms with Gasteiger partial charge in [0.25, 0.3) is 0 Å². The minimum Gasteiger partial charge on any atom is -0.468 e. The van der Waals surface area contributed by atoms with Crippen LogP contribution in [0.1, 0.15) is 46.0 Å². The van der Waals surface area contributed by atoms with E-state index in [1.165, 1.54) is 7.11 Å². The molecule has 0 unspecified atom stereocenters. The van der Waals surface area contributed by atoms with Crippen molar-refractivity contribution in [2.24, 2.45) is 11.3 Å². The standard InChI is InChI=1S/C14H22O3/c1-4-7-11-8-6-9-12(15)14(11,10-5-2)13(16)17-3/h4,7,11H,5-6,8-10H2,1-3H3/b7-4+/t11-,14-/m0/s1. The van der Waals surface area contributed by atoms with Crippen molar-refractivity contribution in [2.75, 3.05) is 7.11 Å². The van der Waals surface area contributed by atoms with Crippen LogP contribution in [0.15, 0.2) is 12.2 Å². The number of carbonyl (C=O) groups is 2. The second-order valence-corrected chi connectivity index (χ2v) is 4.66. The third-order valence-corrected chi connectivity index (χ3v) is 3.67. The van der Waals surface area contributed by atoms with Gasteiger partial charge in [-0.05, 0) is 32.1 Å². The third kappa shape index (κ3) is 2.43. The van der Waals surface area contributed by atoms with Gasteiger partial charge in [0, 0.05) is 6.42 Å². The first kappa shape index (κ1) is 13.9. The number of ketones is 1. The average molecular weight is 238 g/mol. The average Bonchev–Trinajstić information content (AvgIpc) is 2.33. The van der Waals surface area contributed by atoms with Crippen molar-refractivity contribution in [2.45, 2.75) is 46.0 Å². The lowest BCUT2D eigenvalue weighted by atomic mass is 9.63. The van der Waals surface area contributed by atoms with Crippen molar-refractivity contribution in [3.05, 3.63) is 12.2 Å². The van der Waals surface area contributed by atoms with Gasteiger partial charge in [-0.15, -0.1) is 0 Å². The van der Waals surface area contributed by atoms with Gasteiger partial charge < -0.3 is 4.74 Å². The molecule has 1 saturated carbocycles. The fourth-order valence-corrected chi connectivity index (χ4v) is 2.92. The highest BCUT2D eigenvalue weighted by Gasteiger charge is 2.52. The van der Waals surface area contributed by atoms with Crippen LogP contribution in [-0.4, -0.2) is 18.9 Å². The van der Waals surface area contributed by atoms with Crippen molar-refractivity contribution in [3.63, 3.8) is 0 Å². The summed E-state index contributed by atoms with van der Waals surface area (Å²) in [6.07, 6.45) is 7.59. The van der Waals surface area contributed by atoms with Crippen LogP contribution in [0.4, 0.5) is 0 Å². The fourth-order valence-electron chi connectivity index (χ4n) is 2.92. The molecule has 3 heteroatoms. The van der Waals surface area contributed by atoms with E-state index in [4.69, 9.17) is 4.74 Å². The molecule has 3 nitrogen and oxygen atoms in total. The number of ether oxygens (including phenoxy) is 1. The molecule has 0 saturated heterocycles. The molecule has 1 aliphatic rings. The second-order valence-electron chi connectivity index (χ2n) is 4.66. The minimum atomic E-state index is -0.922. The Labute approximate surface area is 103 Å². The SMILES string of the molecule is C/C=C/[C@H]1CCCC(=O)[C@@]1(CCC)C(=O)OC. The molecule has 0 heterocycles. The van der Waals surface area contributed by atoms with Gasteiger partial charge in [-0.2, -0.15) is 0 Å². The molecular formula is C14H22O3. The topological polar surface area (TPSA) is 43.4 Å².